The van der Waals surface area contributed by atoms with E-state index in [4.69, 9.17) is 9.47 Å². The van der Waals surface area contributed by atoms with E-state index in [9.17, 15) is 13.2 Å². The minimum Gasteiger partial charge on any atom is -0.497 e. The van der Waals surface area contributed by atoms with Crippen molar-refractivity contribution in [3.8, 4) is 11.5 Å². The molecule has 0 unspecified atom stereocenters. The summed E-state index contributed by atoms with van der Waals surface area (Å²) in [5, 5.41) is 2.81. The summed E-state index contributed by atoms with van der Waals surface area (Å²) in [5.41, 5.74) is 2.45. The molecule has 0 spiro atoms. The molecule has 7 nitrogen and oxygen atoms in total. The van der Waals surface area contributed by atoms with Gasteiger partial charge < -0.3 is 14.8 Å². The van der Waals surface area contributed by atoms with E-state index in [1.54, 1.807) is 43.5 Å². The van der Waals surface area contributed by atoms with Crippen LogP contribution in [0.3, 0.4) is 0 Å². The van der Waals surface area contributed by atoms with Gasteiger partial charge in [0, 0.05) is 18.2 Å². The monoisotopic (exact) mass is 376 g/mol. The van der Waals surface area contributed by atoms with Crippen LogP contribution in [0.25, 0.3) is 0 Å². The van der Waals surface area contributed by atoms with Crippen LogP contribution in [0, 0.1) is 0 Å². The molecule has 1 N–H and O–H groups in total. The molecule has 0 saturated heterocycles. The number of amides is 1. The highest BCUT2D eigenvalue weighted by molar-refractivity contribution is 7.92. The zero-order chi connectivity index (χ0) is 18.9. The van der Waals surface area contributed by atoms with E-state index >= 15 is 0 Å². The molecule has 0 atom stereocenters. The predicted octanol–water partition coefficient (Wildman–Crippen LogP) is 2.28. The molecule has 0 bridgehead atoms. The summed E-state index contributed by atoms with van der Waals surface area (Å²) < 4.78 is 35.4. The average Bonchev–Trinajstić information content (AvgIpc) is 3.05. The Morgan fingerprint density at radius 3 is 2.54 bits per heavy atom. The van der Waals surface area contributed by atoms with Crippen molar-refractivity contribution < 1.29 is 22.7 Å². The Hall–Kier alpha value is -2.74. The molecule has 0 fully saturated rings. The lowest BCUT2D eigenvalue weighted by Crippen LogP contribution is -2.27. The van der Waals surface area contributed by atoms with Gasteiger partial charge in [0.2, 0.25) is 10.0 Å². The first-order valence-corrected chi connectivity index (χ1v) is 9.82. The topological polar surface area (TPSA) is 84.9 Å². The molecule has 138 valence electrons. The zero-order valence-electron chi connectivity index (χ0n) is 14.8. The van der Waals surface area contributed by atoms with Crippen LogP contribution in [0.1, 0.15) is 15.9 Å². The number of nitrogens with zero attached hydrogens (tertiary/aromatic N) is 1. The number of hydrogen-bond acceptors (Lipinski definition) is 5. The third-order valence-electron chi connectivity index (χ3n) is 4.25. The molecule has 1 heterocycles. The highest BCUT2D eigenvalue weighted by Gasteiger charge is 2.26. The normalized spacial score (nSPS) is 13.3. The van der Waals surface area contributed by atoms with Crippen LogP contribution in [0.15, 0.2) is 36.4 Å². The van der Waals surface area contributed by atoms with Gasteiger partial charge in [0.1, 0.15) is 11.5 Å². The quantitative estimate of drug-likeness (QED) is 0.865. The van der Waals surface area contributed by atoms with E-state index in [1.165, 1.54) is 17.7 Å². The van der Waals surface area contributed by atoms with E-state index < -0.39 is 10.0 Å². The van der Waals surface area contributed by atoms with Gasteiger partial charge in [-0.05, 0) is 42.3 Å². The Kier molecular flexibility index (Phi) is 4.78. The summed E-state index contributed by atoms with van der Waals surface area (Å²) in [6.45, 7) is 0.394. The Morgan fingerprint density at radius 2 is 1.88 bits per heavy atom. The van der Waals surface area contributed by atoms with Crippen molar-refractivity contribution in [1.29, 1.82) is 0 Å². The minimum atomic E-state index is -3.31. The third kappa shape index (κ3) is 3.45. The largest absolute Gasteiger partial charge is 0.497 e. The number of hydrogen-bond donors (Lipinski definition) is 1. The van der Waals surface area contributed by atoms with Crippen molar-refractivity contribution >= 4 is 27.3 Å². The predicted molar refractivity (Wildman–Crippen MR) is 99.8 cm³/mol. The van der Waals surface area contributed by atoms with Gasteiger partial charge >= 0.3 is 0 Å². The molecule has 2 aromatic carbocycles. The summed E-state index contributed by atoms with van der Waals surface area (Å²) in [5.74, 6) is 0.814. The first kappa shape index (κ1) is 18.1. The standard InChI is InChI=1S/C18H20N2O5S/c1-24-14-5-6-15(17(11-14)25-2)19-18(21)13-4-7-16-12(10-13)8-9-20(16)26(3,22)23/h4-7,10-11H,8-9H2,1-3H3,(H,19,21). The number of sulfonamides is 1. The van der Waals surface area contributed by atoms with E-state index in [-0.39, 0.29) is 5.91 Å². The van der Waals surface area contributed by atoms with Crippen LogP contribution < -0.4 is 19.1 Å². The molecular weight excluding hydrogens is 356 g/mol. The van der Waals surface area contributed by atoms with Crippen molar-refractivity contribution in [3.05, 3.63) is 47.5 Å². The van der Waals surface area contributed by atoms with Crippen LogP contribution in [-0.2, 0) is 16.4 Å². The number of rotatable bonds is 5. The molecule has 26 heavy (non-hydrogen) atoms. The van der Waals surface area contributed by atoms with E-state index in [0.717, 1.165) is 5.56 Å². The molecule has 1 aliphatic heterocycles. The van der Waals surface area contributed by atoms with E-state index in [1.807, 2.05) is 0 Å². The van der Waals surface area contributed by atoms with Gasteiger partial charge in [-0.3, -0.25) is 9.10 Å². The summed E-state index contributed by atoms with van der Waals surface area (Å²) >= 11 is 0. The molecule has 1 aliphatic rings. The van der Waals surface area contributed by atoms with Crippen LogP contribution >= 0.6 is 0 Å². The number of methoxy groups -OCH3 is 2. The Labute approximate surface area is 152 Å². The van der Waals surface area contributed by atoms with Crippen LogP contribution in [-0.4, -0.2) is 41.3 Å². The Morgan fingerprint density at radius 1 is 1.12 bits per heavy atom. The van der Waals surface area contributed by atoms with Crippen molar-refractivity contribution in [2.45, 2.75) is 6.42 Å². The molecular formula is C18H20N2O5S. The fraction of sp³-hybridized carbons (Fsp3) is 0.278. The van der Waals surface area contributed by atoms with Gasteiger partial charge in [0.25, 0.3) is 5.91 Å². The number of ether oxygens (including phenoxy) is 2. The highest BCUT2D eigenvalue weighted by Crippen LogP contribution is 2.32. The van der Waals surface area contributed by atoms with Crippen molar-refractivity contribution in [2.75, 3.05) is 36.6 Å². The van der Waals surface area contributed by atoms with Crippen molar-refractivity contribution in [1.82, 2.24) is 0 Å². The highest BCUT2D eigenvalue weighted by atomic mass is 32.2. The van der Waals surface area contributed by atoms with Gasteiger partial charge in [0.15, 0.2) is 0 Å². The first-order chi connectivity index (χ1) is 12.3. The average molecular weight is 376 g/mol. The second-order valence-electron chi connectivity index (χ2n) is 5.95. The summed E-state index contributed by atoms with van der Waals surface area (Å²) in [4.78, 5) is 12.6. The maximum Gasteiger partial charge on any atom is 0.255 e. The number of carbonyl (C=O) groups is 1. The van der Waals surface area contributed by atoms with Gasteiger partial charge in [-0.1, -0.05) is 0 Å². The van der Waals surface area contributed by atoms with Crippen molar-refractivity contribution in [2.24, 2.45) is 0 Å². The molecule has 1 amide bonds. The maximum absolute atomic E-state index is 12.6. The van der Waals surface area contributed by atoms with Crippen LogP contribution in [0.4, 0.5) is 11.4 Å². The molecule has 3 rings (SSSR count). The summed E-state index contributed by atoms with van der Waals surface area (Å²) in [7, 11) is -0.242. The van der Waals surface area contributed by atoms with Crippen molar-refractivity contribution in [3.63, 3.8) is 0 Å². The molecule has 0 aliphatic carbocycles. The van der Waals surface area contributed by atoms with Gasteiger partial charge in [-0.15, -0.1) is 0 Å². The number of anilines is 2. The Balaban J connectivity index is 1.84. The molecule has 0 saturated carbocycles. The fourth-order valence-electron chi connectivity index (χ4n) is 2.95. The smallest absolute Gasteiger partial charge is 0.255 e. The third-order valence-corrected chi connectivity index (χ3v) is 5.43. The summed E-state index contributed by atoms with van der Waals surface area (Å²) in [6.07, 6.45) is 1.76. The van der Waals surface area contributed by atoms with Gasteiger partial charge in [0.05, 0.1) is 31.9 Å². The number of nitrogens with one attached hydrogen (secondary N) is 1. The van der Waals surface area contributed by atoms with Crippen LogP contribution in [0.2, 0.25) is 0 Å². The van der Waals surface area contributed by atoms with Gasteiger partial charge in [-0.2, -0.15) is 0 Å². The molecule has 8 heteroatoms. The first-order valence-electron chi connectivity index (χ1n) is 7.97. The fourth-order valence-corrected chi connectivity index (χ4v) is 3.91. The molecule has 0 aromatic heterocycles. The number of fused-ring (bicyclic) bond motifs is 1. The Bertz CT molecular complexity index is 956. The van der Waals surface area contributed by atoms with Crippen LogP contribution in [0.5, 0.6) is 11.5 Å². The summed E-state index contributed by atoms with van der Waals surface area (Å²) in [6, 6.07) is 10.1. The lowest BCUT2D eigenvalue weighted by atomic mass is 10.1. The maximum atomic E-state index is 12.6. The van der Waals surface area contributed by atoms with E-state index in [2.05, 4.69) is 5.32 Å². The lowest BCUT2D eigenvalue weighted by Gasteiger charge is -2.16. The van der Waals surface area contributed by atoms with Gasteiger partial charge in [-0.25, -0.2) is 8.42 Å². The SMILES string of the molecule is COc1ccc(NC(=O)c2ccc3c(c2)CCN3S(C)(=O)=O)c(OC)c1. The lowest BCUT2D eigenvalue weighted by molar-refractivity contribution is 0.102. The molecule has 0 radical (unpaired) electrons. The minimum absolute atomic E-state index is 0.297. The van der Waals surface area contributed by atoms with E-state index in [0.29, 0.717) is 41.4 Å². The second-order valence-corrected chi connectivity index (χ2v) is 7.86. The zero-order valence-corrected chi connectivity index (χ0v) is 15.6. The number of benzene rings is 2. The molecule has 2 aromatic rings. The second kappa shape index (κ2) is 6.87. The number of carbonyl (C=O) groups excluding carboxylic acids is 1.